The van der Waals surface area contributed by atoms with Gasteiger partial charge in [-0.05, 0) is 61.4 Å². The maximum absolute atomic E-state index is 12.6. The summed E-state index contributed by atoms with van der Waals surface area (Å²) in [5.74, 6) is 0.264. The van der Waals surface area contributed by atoms with Crippen LogP contribution in [0.25, 0.3) is 0 Å². The number of thiophene rings is 1. The zero-order valence-corrected chi connectivity index (χ0v) is 15.6. The molecule has 5 nitrogen and oxygen atoms in total. The van der Waals surface area contributed by atoms with Gasteiger partial charge in [-0.2, -0.15) is 0 Å². The number of aryl methyl sites for hydroxylation is 1. The highest BCUT2D eigenvalue weighted by atomic mass is 32.1. The topological polar surface area (TPSA) is 62.3 Å². The number of carbonyl (C=O) groups excluding carboxylic acids is 2. The molecule has 1 N–H and O–H groups in total. The van der Waals surface area contributed by atoms with Crippen molar-refractivity contribution in [2.75, 3.05) is 13.1 Å². The third-order valence-corrected chi connectivity index (χ3v) is 6.50. The highest BCUT2D eigenvalue weighted by Crippen LogP contribution is 2.33. The summed E-state index contributed by atoms with van der Waals surface area (Å²) >= 11 is 1.62. The Morgan fingerprint density at radius 3 is 2.77 bits per heavy atom. The van der Waals surface area contributed by atoms with Gasteiger partial charge in [0.2, 0.25) is 5.91 Å². The van der Waals surface area contributed by atoms with Gasteiger partial charge >= 0.3 is 0 Å². The lowest BCUT2D eigenvalue weighted by Crippen LogP contribution is -2.33. The van der Waals surface area contributed by atoms with Crippen molar-refractivity contribution >= 4 is 23.2 Å². The molecule has 1 aliphatic carbocycles. The van der Waals surface area contributed by atoms with Crippen LogP contribution in [0.2, 0.25) is 0 Å². The summed E-state index contributed by atoms with van der Waals surface area (Å²) in [4.78, 5) is 33.2. The minimum absolute atomic E-state index is 0.00586. The number of fused-ring (bicyclic) bond motifs is 1. The van der Waals surface area contributed by atoms with Crippen LogP contribution in [0.3, 0.4) is 0 Å². The Kier molecular flexibility index (Phi) is 5.02. The SMILES string of the molecule is O=C(NCc1ccncc1)C1CCc2sc(C(=O)N3CCCC3)cc2C1. The van der Waals surface area contributed by atoms with E-state index in [-0.39, 0.29) is 17.7 Å². The normalized spacial score (nSPS) is 19.2. The van der Waals surface area contributed by atoms with Crippen molar-refractivity contribution in [2.45, 2.75) is 38.6 Å². The fourth-order valence-corrected chi connectivity index (χ4v) is 4.94. The van der Waals surface area contributed by atoms with E-state index < -0.39 is 0 Å². The molecule has 1 unspecified atom stereocenters. The van der Waals surface area contributed by atoms with Gasteiger partial charge in [0.15, 0.2) is 0 Å². The van der Waals surface area contributed by atoms with E-state index in [1.807, 2.05) is 23.1 Å². The summed E-state index contributed by atoms with van der Waals surface area (Å²) < 4.78 is 0. The van der Waals surface area contributed by atoms with Gasteiger partial charge in [-0.15, -0.1) is 11.3 Å². The summed E-state index contributed by atoms with van der Waals surface area (Å²) in [5.41, 5.74) is 2.24. The molecule has 0 aromatic carbocycles. The van der Waals surface area contributed by atoms with Crippen LogP contribution in [0.4, 0.5) is 0 Å². The average Bonchev–Trinajstić information content (AvgIpc) is 3.35. The van der Waals surface area contributed by atoms with Crippen molar-refractivity contribution in [3.8, 4) is 0 Å². The molecule has 2 aliphatic rings. The molecule has 1 saturated heterocycles. The molecule has 2 aromatic rings. The van der Waals surface area contributed by atoms with E-state index >= 15 is 0 Å². The van der Waals surface area contributed by atoms with E-state index in [4.69, 9.17) is 0 Å². The second kappa shape index (κ2) is 7.58. The molecule has 2 amide bonds. The highest BCUT2D eigenvalue weighted by molar-refractivity contribution is 7.14. The number of hydrogen-bond acceptors (Lipinski definition) is 4. The van der Waals surface area contributed by atoms with E-state index in [0.29, 0.717) is 6.54 Å². The standard InChI is InChI=1S/C20H23N3O2S/c24-19(22-13-14-5-7-21-8-6-14)15-3-4-17-16(11-15)12-18(26-17)20(25)23-9-1-2-10-23/h5-8,12,15H,1-4,9-11,13H2,(H,22,24). The van der Waals surface area contributed by atoms with Crippen LogP contribution in [-0.2, 0) is 24.2 Å². The average molecular weight is 369 g/mol. The number of aromatic nitrogens is 1. The Bertz CT molecular complexity index is 797. The number of nitrogens with zero attached hydrogens (tertiary/aromatic N) is 2. The molecule has 1 atom stereocenters. The van der Waals surface area contributed by atoms with Crippen LogP contribution >= 0.6 is 11.3 Å². The number of amides is 2. The van der Waals surface area contributed by atoms with Gasteiger partial charge < -0.3 is 10.2 Å². The van der Waals surface area contributed by atoms with Gasteiger partial charge in [-0.25, -0.2) is 0 Å². The Balaban J connectivity index is 1.38. The van der Waals surface area contributed by atoms with E-state index in [1.54, 1.807) is 23.7 Å². The van der Waals surface area contributed by atoms with Crippen LogP contribution < -0.4 is 5.32 Å². The van der Waals surface area contributed by atoms with E-state index in [1.165, 1.54) is 10.4 Å². The van der Waals surface area contributed by atoms with Crippen LogP contribution in [0.1, 0.15) is 44.9 Å². The molecule has 4 rings (SSSR count). The lowest BCUT2D eigenvalue weighted by molar-refractivity contribution is -0.125. The Labute approximate surface area is 157 Å². The highest BCUT2D eigenvalue weighted by Gasteiger charge is 2.29. The minimum atomic E-state index is -0.00586. The fourth-order valence-electron chi connectivity index (χ4n) is 3.76. The number of likely N-dealkylation sites (tertiary alicyclic amines) is 1. The third-order valence-electron chi connectivity index (χ3n) is 5.27. The van der Waals surface area contributed by atoms with Crippen molar-refractivity contribution in [3.63, 3.8) is 0 Å². The van der Waals surface area contributed by atoms with Gasteiger partial charge in [0, 0.05) is 42.8 Å². The van der Waals surface area contributed by atoms with Crippen molar-refractivity contribution in [2.24, 2.45) is 5.92 Å². The minimum Gasteiger partial charge on any atom is -0.352 e. The molecule has 1 aliphatic heterocycles. The molecular weight excluding hydrogens is 346 g/mol. The van der Waals surface area contributed by atoms with Crippen molar-refractivity contribution in [1.29, 1.82) is 0 Å². The van der Waals surface area contributed by atoms with Gasteiger partial charge in [0.25, 0.3) is 5.91 Å². The first-order valence-corrected chi connectivity index (χ1v) is 10.1. The first-order chi connectivity index (χ1) is 12.7. The zero-order valence-electron chi connectivity index (χ0n) is 14.7. The van der Waals surface area contributed by atoms with Gasteiger partial charge in [0.05, 0.1) is 4.88 Å². The predicted molar refractivity (Wildman–Crippen MR) is 101 cm³/mol. The van der Waals surface area contributed by atoms with Crippen LogP contribution in [-0.4, -0.2) is 34.8 Å². The molecule has 0 saturated carbocycles. The van der Waals surface area contributed by atoms with Gasteiger partial charge in [-0.3, -0.25) is 14.6 Å². The maximum Gasteiger partial charge on any atom is 0.263 e. The molecule has 3 heterocycles. The first-order valence-electron chi connectivity index (χ1n) is 9.28. The van der Waals surface area contributed by atoms with Crippen molar-refractivity contribution < 1.29 is 9.59 Å². The van der Waals surface area contributed by atoms with Crippen molar-refractivity contribution in [1.82, 2.24) is 15.2 Å². The molecule has 136 valence electrons. The molecule has 0 bridgehead atoms. The number of carbonyl (C=O) groups is 2. The smallest absolute Gasteiger partial charge is 0.263 e. The monoisotopic (exact) mass is 369 g/mol. The summed E-state index contributed by atoms with van der Waals surface area (Å²) in [7, 11) is 0. The summed E-state index contributed by atoms with van der Waals surface area (Å²) in [5, 5.41) is 3.04. The summed E-state index contributed by atoms with van der Waals surface area (Å²) in [6.45, 7) is 2.29. The van der Waals surface area contributed by atoms with Crippen LogP contribution in [0, 0.1) is 5.92 Å². The second-order valence-electron chi connectivity index (χ2n) is 7.07. The molecular formula is C20H23N3O2S. The maximum atomic E-state index is 12.6. The molecule has 26 heavy (non-hydrogen) atoms. The van der Waals surface area contributed by atoms with Crippen LogP contribution in [0.5, 0.6) is 0 Å². The number of rotatable bonds is 4. The second-order valence-corrected chi connectivity index (χ2v) is 8.21. The fraction of sp³-hybridized carbons (Fsp3) is 0.450. The zero-order chi connectivity index (χ0) is 17.9. The van der Waals surface area contributed by atoms with E-state index in [9.17, 15) is 9.59 Å². The number of nitrogens with one attached hydrogen (secondary N) is 1. The molecule has 0 spiro atoms. The molecule has 1 fully saturated rings. The molecule has 6 heteroatoms. The summed E-state index contributed by atoms with van der Waals surface area (Å²) in [6, 6.07) is 5.85. The predicted octanol–water partition coefficient (Wildman–Crippen LogP) is 2.80. The third kappa shape index (κ3) is 3.65. The van der Waals surface area contributed by atoms with Crippen molar-refractivity contribution in [3.05, 3.63) is 51.5 Å². The molecule has 2 aromatic heterocycles. The molecule has 0 radical (unpaired) electrons. The number of hydrogen-bond donors (Lipinski definition) is 1. The lowest BCUT2D eigenvalue weighted by Gasteiger charge is -2.21. The Morgan fingerprint density at radius 2 is 2.00 bits per heavy atom. The Hall–Kier alpha value is -2.21. The van der Waals surface area contributed by atoms with Gasteiger partial charge in [0.1, 0.15) is 0 Å². The van der Waals surface area contributed by atoms with E-state index in [0.717, 1.165) is 55.6 Å². The van der Waals surface area contributed by atoms with Crippen LogP contribution in [0.15, 0.2) is 30.6 Å². The summed E-state index contributed by atoms with van der Waals surface area (Å²) in [6.07, 6.45) is 8.17. The first kappa shape index (κ1) is 17.2. The van der Waals surface area contributed by atoms with E-state index in [2.05, 4.69) is 10.3 Å². The number of pyridine rings is 1. The Morgan fingerprint density at radius 1 is 1.23 bits per heavy atom. The lowest BCUT2D eigenvalue weighted by atomic mass is 9.87. The largest absolute Gasteiger partial charge is 0.352 e. The van der Waals surface area contributed by atoms with Gasteiger partial charge in [-0.1, -0.05) is 0 Å². The quantitative estimate of drug-likeness (QED) is 0.901.